The molecule has 0 heterocycles. The Morgan fingerprint density at radius 3 is 1.38 bits per heavy atom. The van der Waals surface area contributed by atoms with E-state index in [-0.39, 0.29) is 19.1 Å². The molecule has 3 N–H and O–H groups in total. The summed E-state index contributed by atoms with van der Waals surface area (Å²) >= 11 is 0. The van der Waals surface area contributed by atoms with Gasteiger partial charge in [-0.2, -0.15) is 0 Å². The van der Waals surface area contributed by atoms with E-state index in [1.807, 2.05) is 21.1 Å². The van der Waals surface area contributed by atoms with E-state index in [0.29, 0.717) is 23.9 Å². The molecule has 0 aromatic carbocycles. The highest BCUT2D eigenvalue weighted by atomic mass is 31.2. The van der Waals surface area contributed by atoms with Gasteiger partial charge in [0.1, 0.15) is 13.2 Å². The molecule has 3 unspecified atom stereocenters. The van der Waals surface area contributed by atoms with Crippen molar-refractivity contribution >= 4 is 13.7 Å². The smallest absolute Gasteiger partial charge is 0.391 e. The fourth-order valence-corrected chi connectivity index (χ4v) is 7.89. The van der Waals surface area contributed by atoms with Crippen molar-refractivity contribution in [2.75, 3.05) is 40.9 Å². The Hall–Kier alpha value is -0.760. The molecule has 1 amide bonds. The van der Waals surface area contributed by atoms with Crippen LogP contribution in [0.4, 0.5) is 0 Å². The van der Waals surface area contributed by atoms with Crippen LogP contribution in [-0.2, 0) is 18.4 Å². The molecule has 3 atom stereocenters. The molecule has 56 heavy (non-hydrogen) atoms. The zero-order valence-corrected chi connectivity index (χ0v) is 38.8. The topological polar surface area (TPSA) is 105 Å². The summed E-state index contributed by atoms with van der Waals surface area (Å²) in [7, 11) is 1.62. The van der Waals surface area contributed by atoms with Crippen molar-refractivity contribution in [1.82, 2.24) is 5.32 Å². The predicted molar refractivity (Wildman–Crippen MR) is 240 cm³/mol. The van der Waals surface area contributed by atoms with Crippen molar-refractivity contribution in [2.24, 2.45) is 0 Å². The van der Waals surface area contributed by atoms with Gasteiger partial charge in [-0.15, -0.1) is 0 Å². The van der Waals surface area contributed by atoms with E-state index in [0.717, 1.165) is 38.5 Å². The van der Waals surface area contributed by atoms with E-state index >= 15 is 0 Å². The maximum atomic E-state index is 12.9. The van der Waals surface area contributed by atoms with Crippen LogP contribution in [0.15, 0.2) is 12.2 Å². The van der Waals surface area contributed by atoms with Crippen molar-refractivity contribution in [1.29, 1.82) is 0 Å². The van der Waals surface area contributed by atoms with Gasteiger partial charge in [0.25, 0.3) is 0 Å². The summed E-state index contributed by atoms with van der Waals surface area (Å²) in [5.41, 5.74) is 0. The number of carbonyl (C=O) groups is 1. The predicted octanol–water partition coefficient (Wildman–Crippen LogP) is 13.5. The number of amides is 1. The van der Waals surface area contributed by atoms with Crippen molar-refractivity contribution in [2.45, 2.75) is 244 Å². The Balaban J connectivity index is 4.09. The highest BCUT2D eigenvalue weighted by molar-refractivity contribution is 7.47. The zero-order valence-electron chi connectivity index (χ0n) is 37.9. The molecular weight excluding hydrogens is 719 g/mol. The third-order valence-corrected chi connectivity index (χ3v) is 12.0. The summed E-state index contributed by atoms with van der Waals surface area (Å²) in [5, 5.41) is 13.9. The Morgan fingerprint density at radius 1 is 0.589 bits per heavy atom. The zero-order chi connectivity index (χ0) is 41.4. The van der Waals surface area contributed by atoms with E-state index in [9.17, 15) is 19.4 Å². The van der Waals surface area contributed by atoms with Crippen LogP contribution in [0.2, 0.25) is 0 Å². The maximum absolute atomic E-state index is 12.9. The number of rotatable bonds is 44. The van der Waals surface area contributed by atoms with Crippen LogP contribution in [0.25, 0.3) is 0 Å². The second kappa shape index (κ2) is 39.7. The molecule has 334 valence electrons. The van der Waals surface area contributed by atoms with Crippen molar-refractivity contribution in [3.63, 3.8) is 0 Å². The van der Waals surface area contributed by atoms with Gasteiger partial charge in [0.15, 0.2) is 0 Å². The molecule has 0 spiro atoms. The Bertz CT molecular complexity index is 927. The molecule has 0 aliphatic carbocycles. The van der Waals surface area contributed by atoms with E-state index in [1.165, 1.54) is 167 Å². The van der Waals surface area contributed by atoms with Crippen molar-refractivity contribution in [3.05, 3.63) is 12.2 Å². The molecule has 0 aromatic rings. The number of aliphatic hydroxyl groups excluding tert-OH is 1. The molecule has 9 heteroatoms. The minimum Gasteiger partial charge on any atom is -0.391 e. The van der Waals surface area contributed by atoms with E-state index in [4.69, 9.17) is 9.05 Å². The number of hydrogen-bond acceptors (Lipinski definition) is 5. The lowest BCUT2D eigenvalue weighted by Crippen LogP contribution is -2.46. The average molecular weight is 816 g/mol. The first kappa shape index (κ1) is 55.2. The van der Waals surface area contributed by atoms with Crippen molar-refractivity contribution < 1.29 is 32.9 Å². The lowest BCUT2D eigenvalue weighted by molar-refractivity contribution is -0.870. The maximum Gasteiger partial charge on any atom is 0.472 e. The first-order valence-corrected chi connectivity index (χ1v) is 25.5. The summed E-state index contributed by atoms with van der Waals surface area (Å²) in [5.74, 6) is -0.147. The number of nitrogens with zero attached hydrogens (tertiary/aromatic N) is 1. The van der Waals surface area contributed by atoms with Crippen LogP contribution in [0.5, 0.6) is 0 Å². The third kappa shape index (κ3) is 41.4. The lowest BCUT2D eigenvalue weighted by atomic mass is 10.0. The van der Waals surface area contributed by atoms with E-state index < -0.39 is 20.0 Å². The first-order chi connectivity index (χ1) is 27.0. The fourth-order valence-electron chi connectivity index (χ4n) is 7.16. The lowest BCUT2D eigenvalue weighted by Gasteiger charge is -2.26. The summed E-state index contributed by atoms with van der Waals surface area (Å²) in [6, 6.07) is -0.756. The fraction of sp³-hybridized carbons (Fsp3) is 0.936. The molecule has 0 saturated heterocycles. The normalized spacial score (nSPS) is 14.3. The van der Waals surface area contributed by atoms with Gasteiger partial charge in [-0.1, -0.05) is 199 Å². The molecule has 0 aliphatic rings. The molecule has 0 fully saturated rings. The molecular formula is C47H96N2O6P+. The molecule has 0 saturated carbocycles. The minimum absolute atomic E-state index is 0.0759. The monoisotopic (exact) mass is 816 g/mol. The number of phosphoric ester groups is 1. The van der Waals surface area contributed by atoms with Gasteiger partial charge in [0.2, 0.25) is 5.91 Å². The van der Waals surface area contributed by atoms with Crippen LogP contribution in [0.1, 0.15) is 232 Å². The number of carbonyl (C=O) groups excluding carboxylic acids is 1. The van der Waals surface area contributed by atoms with Gasteiger partial charge >= 0.3 is 7.82 Å². The van der Waals surface area contributed by atoms with E-state index in [1.54, 1.807) is 0 Å². The van der Waals surface area contributed by atoms with Crippen LogP contribution < -0.4 is 5.32 Å². The highest BCUT2D eigenvalue weighted by Gasteiger charge is 2.28. The molecule has 0 bridgehead atoms. The SMILES string of the molecule is CCCCCCCCCCCCCC/C=C\CCCCCCCCCCCC(=O)NC(COP(=O)(O)OCC[N+](C)(C)C)C(O)CCCCCCCCCCC. The quantitative estimate of drug-likeness (QED) is 0.0245. The molecule has 0 radical (unpaired) electrons. The standard InChI is InChI=1S/C47H95N2O6P/c1-6-8-10-12-14-16-17-18-19-20-21-22-23-24-25-26-27-28-29-30-31-33-35-37-39-41-47(51)48-45(44-55-56(52,53)54-43-42-49(3,4)5)46(50)40-38-36-34-32-15-13-11-9-7-2/h24-25,45-46,50H,6-23,26-44H2,1-5H3,(H-,48,51,52,53)/p+1/b25-24-. The van der Waals surface area contributed by atoms with Gasteiger partial charge in [-0.3, -0.25) is 13.8 Å². The first-order valence-electron chi connectivity index (χ1n) is 24.1. The van der Waals surface area contributed by atoms with Crippen molar-refractivity contribution in [3.8, 4) is 0 Å². The minimum atomic E-state index is -4.31. The molecule has 0 aliphatic heterocycles. The number of allylic oxidation sites excluding steroid dienone is 2. The summed E-state index contributed by atoms with van der Waals surface area (Å²) < 4.78 is 23.6. The third-order valence-electron chi connectivity index (χ3n) is 11.0. The Kier molecular flexibility index (Phi) is 39.1. The van der Waals surface area contributed by atoms with Gasteiger partial charge in [-0.25, -0.2) is 4.57 Å². The number of phosphoric acid groups is 1. The molecule has 0 aromatic heterocycles. The average Bonchev–Trinajstić information content (AvgIpc) is 3.15. The number of likely N-dealkylation sites (N-methyl/N-ethyl adjacent to an activating group) is 1. The van der Waals surface area contributed by atoms with Gasteiger partial charge in [0.05, 0.1) is 39.9 Å². The molecule has 0 rings (SSSR count). The van der Waals surface area contributed by atoms with Gasteiger partial charge in [0, 0.05) is 6.42 Å². The van der Waals surface area contributed by atoms with Gasteiger partial charge < -0.3 is 19.8 Å². The summed E-state index contributed by atoms with van der Waals surface area (Å²) in [4.78, 5) is 23.1. The van der Waals surface area contributed by atoms with Gasteiger partial charge in [-0.05, 0) is 38.5 Å². The van der Waals surface area contributed by atoms with Crippen LogP contribution >= 0.6 is 7.82 Å². The number of hydrogen-bond donors (Lipinski definition) is 3. The summed E-state index contributed by atoms with van der Waals surface area (Å²) in [6.07, 6.45) is 45.5. The summed E-state index contributed by atoms with van der Waals surface area (Å²) in [6.45, 7) is 4.88. The molecule has 8 nitrogen and oxygen atoms in total. The largest absolute Gasteiger partial charge is 0.472 e. The highest BCUT2D eigenvalue weighted by Crippen LogP contribution is 2.43. The Morgan fingerprint density at radius 2 is 0.964 bits per heavy atom. The van der Waals surface area contributed by atoms with E-state index in [2.05, 4.69) is 31.3 Å². The van der Waals surface area contributed by atoms with Crippen LogP contribution in [-0.4, -0.2) is 73.4 Å². The second-order valence-electron chi connectivity index (χ2n) is 17.8. The number of aliphatic hydroxyl groups is 1. The number of nitrogens with one attached hydrogen (secondary N) is 1. The Labute approximate surface area is 348 Å². The van der Waals surface area contributed by atoms with Crippen LogP contribution in [0, 0.1) is 0 Å². The number of quaternary nitrogens is 1. The van der Waals surface area contributed by atoms with Crippen LogP contribution in [0.3, 0.4) is 0 Å². The second-order valence-corrected chi connectivity index (χ2v) is 19.3. The number of unbranched alkanes of at least 4 members (excludes halogenated alkanes) is 29.